The zero-order valence-corrected chi connectivity index (χ0v) is 11.0. The van der Waals surface area contributed by atoms with E-state index >= 15 is 0 Å². The molecule has 1 aliphatic rings. The Labute approximate surface area is 112 Å². The van der Waals surface area contributed by atoms with Crippen molar-refractivity contribution in [2.45, 2.75) is 31.7 Å². The van der Waals surface area contributed by atoms with E-state index in [-0.39, 0.29) is 12.0 Å². The standard InChI is InChI=1S/C14H17N3O2/c1-19-13(18)9-12-6-2-3-8-17(12)14-11(10-15)5-4-7-16-14/h4-5,7,12H,2-3,6,8-9H2,1H3. The molecule has 1 atom stereocenters. The summed E-state index contributed by atoms with van der Waals surface area (Å²) in [7, 11) is 1.40. The third-order valence-electron chi connectivity index (χ3n) is 3.44. The molecule has 0 aliphatic carbocycles. The highest BCUT2D eigenvalue weighted by Gasteiger charge is 2.27. The molecule has 1 fully saturated rings. The van der Waals surface area contributed by atoms with E-state index in [2.05, 4.69) is 16.0 Å². The van der Waals surface area contributed by atoms with Gasteiger partial charge in [-0.15, -0.1) is 0 Å². The second-order valence-electron chi connectivity index (χ2n) is 4.61. The van der Waals surface area contributed by atoms with Crippen molar-refractivity contribution in [1.29, 1.82) is 5.26 Å². The minimum absolute atomic E-state index is 0.0724. The van der Waals surface area contributed by atoms with E-state index in [1.807, 2.05) is 0 Å². The highest BCUT2D eigenvalue weighted by molar-refractivity contribution is 5.71. The average Bonchev–Trinajstić information content (AvgIpc) is 2.47. The van der Waals surface area contributed by atoms with Crippen LogP contribution < -0.4 is 4.90 Å². The second kappa shape index (κ2) is 6.19. The first-order valence-corrected chi connectivity index (χ1v) is 6.45. The fourth-order valence-corrected chi connectivity index (χ4v) is 2.48. The molecule has 5 nitrogen and oxygen atoms in total. The molecule has 1 saturated heterocycles. The molecule has 0 spiro atoms. The molecular formula is C14H17N3O2. The topological polar surface area (TPSA) is 66.2 Å². The number of anilines is 1. The molecule has 0 N–H and O–H groups in total. The van der Waals surface area contributed by atoms with Crippen molar-refractivity contribution in [2.24, 2.45) is 0 Å². The summed E-state index contributed by atoms with van der Waals surface area (Å²) in [6, 6.07) is 5.74. The van der Waals surface area contributed by atoms with Gasteiger partial charge in [-0.1, -0.05) is 0 Å². The van der Waals surface area contributed by atoms with Gasteiger partial charge in [0.25, 0.3) is 0 Å². The predicted molar refractivity (Wildman–Crippen MR) is 70.6 cm³/mol. The first-order chi connectivity index (χ1) is 9.26. The number of carbonyl (C=O) groups excluding carboxylic acids is 1. The normalized spacial score (nSPS) is 18.7. The van der Waals surface area contributed by atoms with Gasteiger partial charge >= 0.3 is 5.97 Å². The quantitative estimate of drug-likeness (QED) is 0.775. The lowest BCUT2D eigenvalue weighted by Gasteiger charge is -2.36. The molecule has 19 heavy (non-hydrogen) atoms. The molecule has 0 bridgehead atoms. The molecule has 0 radical (unpaired) electrons. The van der Waals surface area contributed by atoms with E-state index in [0.717, 1.165) is 25.8 Å². The number of carbonyl (C=O) groups is 1. The molecule has 0 saturated carbocycles. The van der Waals surface area contributed by atoms with Crippen molar-refractivity contribution in [1.82, 2.24) is 4.98 Å². The highest BCUT2D eigenvalue weighted by atomic mass is 16.5. The van der Waals surface area contributed by atoms with Gasteiger partial charge in [0.05, 0.1) is 19.1 Å². The number of pyridine rings is 1. The molecule has 1 unspecified atom stereocenters. The van der Waals surface area contributed by atoms with Crippen LogP contribution in [0.15, 0.2) is 18.3 Å². The summed E-state index contributed by atoms with van der Waals surface area (Å²) in [4.78, 5) is 17.9. The number of rotatable bonds is 3. The molecule has 2 rings (SSSR count). The van der Waals surface area contributed by atoms with Crippen molar-refractivity contribution in [3.8, 4) is 6.07 Å². The highest BCUT2D eigenvalue weighted by Crippen LogP contribution is 2.27. The van der Waals surface area contributed by atoms with E-state index in [9.17, 15) is 4.79 Å². The number of methoxy groups -OCH3 is 1. The number of nitriles is 1. The Morgan fingerprint density at radius 2 is 2.47 bits per heavy atom. The second-order valence-corrected chi connectivity index (χ2v) is 4.61. The Kier molecular flexibility index (Phi) is 4.35. The van der Waals surface area contributed by atoms with Gasteiger partial charge in [-0.3, -0.25) is 4.79 Å². The summed E-state index contributed by atoms with van der Waals surface area (Å²) in [6.07, 6.45) is 5.10. The number of ether oxygens (including phenoxy) is 1. The van der Waals surface area contributed by atoms with Gasteiger partial charge in [0, 0.05) is 18.8 Å². The number of hydrogen-bond acceptors (Lipinski definition) is 5. The molecule has 1 aromatic rings. The van der Waals surface area contributed by atoms with Gasteiger partial charge < -0.3 is 9.64 Å². The van der Waals surface area contributed by atoms with Crippen molar-refractivity contribution in [2.75, 3.05) is 18.6 Å². The van der Waals surface area contributed by atoms with Gasteiger partial charge in [-0.05, 0) is 31.4 Å². The van der Waals surface area contributed by atoms with Gasteiger partial charge in [-0.2, -0.15) is 5.26 Å². The number of nitrogens with zero attached hydrogens (tertiary/aromatic N) is 3. The summed E-state index contributed by atoms with van der Waals surface area (Å²) >= 11 is 0. The number of aromatic nitrogens is 1. The van der Waals surface area contributed by atoms with Crippen LogP contribution in [0, 0.1) is 11.3 Å². The Balaban J connectivity index is 2.24. The fourth-order valence-electron chi connectivity index (χ4n) is 2.48. The lowest BCUT2D eigenvalue weighted by molar-refractivity contribution is -0.141. The van der Waals surface area contributed by atoms with Crippen LogP contribution in [0.4, 0.5) is 5.82 Å². The molecule has 100 valence electrons. The fraction of sp³-hybridized carbons (Fsp3) is 0.500. The van der Waals surface area contributed by atoms with Crippen LogP contribution in [-0.2, 0) is 9.53 Å². The Bertz CT molecular complexity index is 496. The van der Waals surface area contributed by atoms with E-state index in [4.69, 9.17) is 10.00 Å². The lowest BCUT2D eigenvalue weighted by atomic mass is 9.98. The van der Waals surface area contributed by atoms with Crippen LogP contribution in [0.5, 0.6) is 0 Å². The van der Waals surface area contributed by atoms with Crippen molar-refractivity contribution < 1.29 is 9.53 Å². The largest absolute Gasteiger partial charge is 0.469 e. The maximum absolute atomic E-state index is 11.5. The third-order valence-corrected chi connectivity index (χ3v) is 3.44. The van der Waals surface area contributed by atoms with Crippen LogP contribution in [0.25, 0.3) is 0 Å². The molecule has 1 aromatic heterocycles. The monoisotopic (exact) mass is 259 g/mol. The summed E-state index contributed by atoms with van der Waals surface area (Å²) in [5, 5.41) is 9.16. The van der Waals surface area contributed by atoms with Crippen molar-refractivity contribution >= 4 is 11.8 Å². The first-order valence-electron chi connectivity index (χ1n) is 6.45. The Morgan fingerprint density at radius 1 is 1.63 bits per heavy atom. The van der Waals surface area contributed by atoms with Crippen molar-refractivity contribution in [3.63, 3.8) is 0 Å². The molecular weight excluding hydrogens is 242 g/mol. The van der Waals surface area contributed by atoms with Gasteiger partial charge in [0.1, 0.15) is 11.9 Å². The molecule has 5 heteroatoms. The number of esters is 1. The number of piperidine rings is 1. The first kappa shape index (κ1) is 13.3. The zero-order chi connectivity index (χ0) is 13.7. The minimum Gasteiger partial charge on any atom is -0.469 e. The van der Waals surface area contributed by atoms with E-state index in [0.29, 0.717) is 17.8 Å². The van der Waals surface area contributed by atoms with Gasteiger partial charge in [0.2, 0.25) is 0 Å². The van der Waals surface area contributed by atoms with E-state index in [1.54, 1.807) is 18.3 Å². The lowest BCUT2D eigenvalue weighted by Crippen LogP contribution is -2.42. The summed E-state index contributed by atoms with van der Waals surface area (Å²) in [5.74, 6) is 0.463. The summed E-state index contributed by atoms with van der Waals surface area (Å²) < 4.78 is 4.74. The summed E-state index contributed by atoms with van der Waals surface area (Å²) in [5.41, 5.74) is 0.555. The Hall–Kier alpha value is -2.09. The summed E-state index contributed by atoms with van der Waals surface area (Å²) in [6.45, 7) is 0.827. The molecule has 0 amide bonds. The SMILES string of the molecule is COC(=O)CC1CCCCN1c1ncccc1C#N. The van der Waals surface area contributed by atoms with E-state index in [1.165, 1.54) is 7.11 Å². The smallest absolute Gasteiger partial charge is 0.307 e. The van der Waals surface area contributed by atoms with Crippen LogP contribution >= 0.6 is 0 Å². The minimum atomic E-state index is -0.216. The zero-order valence-electron chi connectivity index (χ0n) is 11.0. The molecule has 0 aromatic carbocycles. The van der Waals surface area contributed by atoms with E-state index < -0.39 is 0 Å². The van der Waals surface area contributed by atoms with Crippen LogP contribution in [0.1, 0.15) is 31.2 Å². The molecule has 1 aliphatic heterocycles. The average molecular weight is 259 g/mol. The van der Waals surface area contributed by atoms with Gasteiger partial charge in [0.15, 0.2) is 0 Å². The maximum atomic E-state index is 11.5. The maximum Gasteiger partial charge on any atom is 0.307 e. The van der Waals surface area contributed by atoms with Gasteiger partial charge in [-0.25, -0.2) is 4.98 Å². The number of hydrogen-bond donors (Lipinski definition) is 0. The van der Waals surface area contributed by atoms with Crippen LogP contribution in [0.2, 0.25) is 0 Å². The van der Waals surface area contributed by atoms with Crippen LogP contribution in [0.3, 0.4) is 0 Å². The third kappa shape index (κ3) is 3.02. The Morgan fingerprint density at radius 3 is 3.21 bits per heavy atom. The van der Waals surface area contributed by atoms with Crippen molar-refractivity contribution in [3.05, 3.63) is 23.9 Å². The predicted octanol–water partition coefficient (Wildman–Crippen LogP) is 1.88. The molecule has 2 heterocycles. The van der Waals surface area contributed by atoms with Crippen LogP contribution in [-0.4, -0.2) is 30.6 Å².